The van der Waals surface area contributed by atoms with Gasteiger partial charge in [0, 0.05) is 0 Å². The predicted octanol–water partition coefficient (Wildman–Crippen LogP) is -0.371. The molecule has 5 nitrogen and oxygen atoms in total. The van der Waals surface area contributed by atoms with Gasteiger partial charge < -0.3 is 10.2 Å². The van der Waals surface area contributed by atoms with Crippen LogP contribution in [0.1, 0.15) is 12.8 Å². The fourth-order valence-corrected chi connectivity index (χ4v) is 1.14. The molecule has 0 spiro atoms. The summed E-state index contributed by atoms with van der Waals surface area (Å²) in [6, 6.07) is 0. The van der Waals surface area contributed by atoms with Crippen molar-refractivity contribution in [2.75, 3.05) is 19.8 Å². The van der Waals surface area contributed by atoms with Crippen LogP contribution in [-0.2, 0) is 14.8 Å². The lowest BCUT2D eigenvalue weighted by Gasteiger charge is -2.14. The minimum Gasteiger partial charge on any atom is -0.394 e. The van der Waals surface area contributed by atoms with Gasteiger partial charge in [0.15, 0.2) is 0 Å². The average molecular weight is 178 g/mol. The lowest BCUT2D eigenvalue weighted by Crippen LogP contribution is -2.20. The molecule has 1 heterocycles. The SMILES string of the molecule is OCC(O)CC1CCOOOC1. The summed E-state index contributed by atoms with van der Waals surface area (Å²) in [7, 11) is 0. The third kappa shape index (κ3) is 3.46. The second kappa shape index (κ2) is 5.45. The van der Waals surface area contributed by atoms with Crippen LogP contribution in [-0.4, -0.2) is 36.1 Å². The highest BCUT2D eigenvalue weighted by atomic mass is 17.5. The van der Waals surface area contributed by atoms with Crippen molar-refractivity contribution in [3.05, 3.63) is 0 Å². The summed E-state index contributed by atoms with van der Waals surface area (Å²) in [5.41, 5.74) is 0. The van der Waals surface area contributed by atoms with E-state index in [-0.39, 0.29) is 12.5 Å². The Hall–Kier alpha value is -0.200. The second-order valence-electron chi connectivity index (χ2n) is 2.90. The van der Waals surface area contributed by atoms with E-state index in [4.69, 9.17) is 10.2 Å². The fraction of sp³-hybridized carbons (Fsp3) is 1.00. The lowest BCUT2D eigenvalue weighted by molar-refractivity contribution is -0.505. The number of rotatable bonds is 3. The van der Waals surface area contributed by atoms with Crippen molar-refractivity contribution in [2.24, 2.45) is 5.92 Å². The molecule has 0 aromatic rings. The molecule has 0 aromatic heterocycles. The second-order valence-corrected chi connectivity index (χ2v) is 2.90. The van der Waals surface area contributed by atoms with Crippen LogP contribution in [0.5, 0.6) is 0 Å². The molecule has 2 N–H and O–H groups in total. The van der Waals surface area contributed by atoms with Gasteiger partial charge in [-0.2, -0.15) is 0 Å². The Morgan fingerprint density at radius 3 is 3.00 bits per heavy atom. The van der Waals surface area contributed by atoms with Crippen molar-refractivity contribution in [3.8, 4) is 0 Å². The normalized spacial score (nSPS) is 28.0. The summed E-state index contributed by atoms with van der Waals surface area (Å²) in [5.74, 6) is 0.189. The Morgan fingerprint density at radius 1 is 1.42 bits per heavy atom. The van der Waals surface area contributed by atoms with E-state index in [9.17, 15) is 0 Å². The highest BCUT2D eigenvalue weighted by Crippen LogP contribution is 2.15. The molecule has 1 aliphatic rings. The Morgan fingerprint density at radius 2 is 2.25 bits per heavy atom. The first-order valence-electron chi connectivity index (χ1n) is 4.03. The first-order chi connectivity index (χ1) is 5.83. The van der Waals surface area contributed by atoms with E-state index < -0.39 is 6.10 Å². The van der Waals surface area contributed by atoms with Crippen LogP contribution in [0.3, 0.4) is 0 Å². The van der Waals surface area contributed by atoms with Crippen molar-refractivity contribution in [1.29, 1.82) is 0 Å². The Kier molecular flexibility index (Phi) is 4.49. The van der Waals surface area contributed by atoms with Crippen LogP contribution < -0.4 is 0 Å². The molecule has 0 bridgehead atoms. The van der Waals surface area contributed by atoms with Gasteiger partial charge in [0.25, 0.3) is 0 Å². The predicted molar refractivity (Wildman–Crippen MR) is 38.8 cm³/mol. The van der Waals surface area contributed by atoms with Gasteiger partial charge in [-0.1, -0.05) is 5.04 Å². The zero-order chi connectivity index (χ0) is 8.81. The summed E-state index contributed by atoms with van der Waals surface area (Å²) in [6.45, 7) is 0.651. The number of hydrogen-bond acceptors (Lipinski definition) is 5. The molecule has 2 unspecified atom stereocenters. The van der Waals surface area contributed by atoms with E-state index in [0.29, 0.717) is 19.6 Å². The topological polar surface area (TPSA) is 68.2 Å². The zero-order valence-electron chi connectivity index (χ0n) is 6.81. The number of aliphatic hydroxyl groups excluding tert-OH is 2. The van der Waals surface area contributed by atoms with Crippen LogP contribution in [0.4, 0.5) is 0 Å². The van der Waals surface area contributed by atoms with Crippen molar-refractivity contribution in [2.45, 2.75) is 18.9 Å². The fourth-order valence-electron chi connectivity index (χ4n) is 1.14. The Bertz CT molecular complexity index is 110. The van der Waals surface area contributed by atoms with E-state index in [1.54, 1.807) is 0 Å². The summed E-state index contributed by atoms with van der Waals surface area (Å²) in [5, 5.41) is 22.0. The highest BCUT2D eigenvalue weighted by Gasteiger charge is 2.17. The van der Waals surface area contributed by atoms with E-state index in [1.165, 1.54) is 0 Å². The van der Waals surface area contributed by atoms with E-state index in [2.05, 4.69) is 14.8 Å². The summed E-state index contributed by atoms with van der Waals surface area (Å²) in [6.07, 6.45) is 0.622. The van der Waals surface area contributed by atoms with Crippen LogP contribution in [0.25, 0.3) is 0 Å². The van der Waals surface area contributed by atoms with Gasteiger partial charge in [-0.25, -0.2) is 9.78 Å². The molecule has 0 amide bonds. The van der Waals surface area contributed by atoms with Gasteiger partial charge >= 0.3 is 0 Å². The Labute approximate surface area is 70.7 Å². The van der Waals surface area contributed by atoms with Gasteiger partial charge in [-0.15, -0.1) is 0 Å². The molecular formula is C7H14O5. The molecule has 72 valence electrons. The van der Waals surface area contributed by atoms with E-state index >= 15 is 0 Å². The zero-order valence-corrected chi connectivity index (χ0v) is 6.81. The molecular weight excluding hydrogens is 164 g/mol. The maximum absolute atomic E-state index is 9.11. The third-order valence-corrected chi connectivity index (χ3v) is 1.83. The quantitative estimate of drug-likeness (QED) is 0.577. The maximum atomic E-state index is 9.11. The third-order valence-electron chi connectivity index (χ3n) is 1.83. The van der Waals surface area contributed by atoms with Crippen molar-refractivity contribution in [3.63, 3.8) is 0 Å². The van der Waals surface area contributed by atoms with Crippen LogP contribution in [0.15, 0.2) is 0 Å². The van der Waals surface area contributed by atoms with Gasteiger partial charge in [0.05, 0.1) is 25.9 Å². The largest absolute Gasteiger partial charge is 0.394 e. The summed E-state index contributed by atoms with van der Waals surface area (Å²) >= 11 is 0. The van der Waals surface area contributed by atoms with Crippen molar-refractivity contribution >= 4 is 0 Å². The molecule has 0 aromatic carbocycles. The first kappa shape index (κ1) is 9.88. The lowest BCUT2D eigenvalue weighted by atomic mass is 10.00. The minimum absolute atomic E-state index is 0.189. The molecule has 5 heteroatoms. The standard InChI is InChI=1S/C7H14O5/c8-4-7(9)3-6-1-2-10-12-11-5-6/h6-9H,1-5H2. The van der Waals surface area contributed by atoms with E-state index in [1.807, 2.05) is 0 Å². The van der Waals surface area contributed by atoms with E-state index in [0.717, 1.165) is 6.42 Å². The summed E-state index contributed by atoms with van der Waals surface area (Å²) in [4.78, 5) is 9.21. The van der Waals surface area contributed by atoms with Crippen molar-refractivity contribution < 1.29 is 25.0 Å². The van der Waals surface area contributed by atoms with Gasteiger partial charge in [-0.3, -0.25) is 0 Å². The van der Waals surface area contributed by atoms with Crippen LogP contribution in [0.2, 0.25) is 0 Å². The van der Waals surface area contributed by atoms with Gasteiger partial charge in [0.2, 0.25) is 0 Å². The average Bonchev–Trinajstić information content (AvgIpc) is 2.33. The Balaban J connectivity index is 2.20. The van der Waals surface area contributed by atoms with Crippen molar-refractivity contribution in [1.82, 2.24) is 0 Å². The molecule has 12 heavy (non-hydrogen) atoms. The van der Waals surface area contributed by atoms with Crippen LogP contribution in [0, 0.1) is 5.92 Å². The molecule has 0 aliphatic carbocycles. The molecule has 2 atom stereocenters. The highest BCUT2D eigenvalue weighted by molar-refractivity contribution is 4.64. The molecule has 0 radical (unpaired) electrons. The number of hydrogen-bond donors (Lipinski definition) is 2. The number of aliphatic hydroxyl groups is 2. The smallest absolute Gasteiger partial charge is 0.0883 e. The monoisotopic (exact) mass is 178 g/mol. The summed E-state index contributed by atoms with van der Waals surface area (Å²) < 4.78 is 0. The molecule has 1 fully saturated rings. The molecule has 1 rings (SSSR count). The molecule has 0 saturated carbocycles. The van der Waals surface area contributed by atoms with Gasteiger partial charge in [0.1, 0.15) is 0 Å². The minimum atomic E-state index is -0.670. The van der Waals surface area contributed by atoms with Crippen LogP contribution >= 0.6 is 0 Å². The van der Waals surface area contributed by atoms with Gasteiger partial charge in [-0.05, 0) is 18.8 Å². The first-order valence-corrected chi connectivity index (χ1v) is 4.03. The molecule has 1 aliphatic heterocycles. The molecule has 1 saturated heterocycles. The maximum Gasteiger partial charge on any atom is 0.0883 e.